The summed E-state index contributed by atoms with van der Waals surface area (Å²) < 4.78 is 10.4. The number of hydrogen-bond acceptors (Lipinski definition) is 3. The van der Waals surface area contributed by atoms with Crippen LogP contribution in [0.5, 0.6) is 11.5 Å². The van der Waals surface area contributed by atoms with Gasteiger partial charge in [0.1, 0.15) is 11.5 Å². The molecule has 5 heteroatoms. The van der Waals surface area contributed by atoms with Crippen molar-refractivity contribution in [3.63, 3.8) is 0 Å². The monoisotopic (exact) mass is 322 g/mol. The summed E-state index contributed by atoms with van der Waals surface area (Å²) >= 11 is 0. The molecule has 2 N–H and O–H groups in total. The molecule has 0 aliphatic carbocycles. The predicted molar refractivity (Wildman–Crippen MR) is 93.1 cm³/mol. The fourth-order valence-electron chi connectivity index (χ4n) is 2.38. The number of amides is 2. The Morgan fingerprint density at radius 1 is 1.09 bits per heavy atom. The third-order valence-electron chi connectivity index (χ3n) is 3.73. The number of rotatable bonds is 10. The number of carbonyl (C=O) groups excluding carboxylic acids is 1. The van der Waals surface area contributed by atoms with Gasteiger partial charge in [0.2, 0.25) is 0 Å². The maximum absolute atomic E-state index is 11.9. The molecule has 0 heterocycles. The lowest BCUT2D eigenvalue weighted by atomic mass is 10.1. The molecule has 2 amide bonds. The lowest BCUT2D eigenvalue weighted by Crippen LogP contribution is -2.40. The lowest BCUT2D eigenvalue weighted by molar-refractivity contribution is 0.236. The molecule has 0 radical (unpaired) electrons. The number of unbranched alkanes of at least 4 members (excludes halogenated alkanes) is 3. The highest BCUT2D eigenvalue weighted by Gasteiger charge is 2.08. The highest BCUT2D eigenvalue weighted by atomic mass is 16.5. The smallest absolute Gasteiger partial charge is 0.315 e. The number of urea groups is 1. The Bertz CT molecular complexity index is 455. The SMILES string of the molecule is CCCCCCC(C)NC(=O)NCc1cc(OC)cc(OC)c1. The summed E-state index contributed by atoms with van der Waals surface area (Å²) in [5.41, 5.74) is 0.937. The van der Waals surface area contributed by atoms with Gasteiger partial charge in [0.05, 0.1) is 14.2 Å². The lowest BCUT2D eigenvalue weighted by Gasteiger charge is -2.15. The fraction of sp³-hybridized carbons (Fsp3) is 0.611. The van der Waals surface area contributed by atoms with Crippen LogP contribution < -0.4 is 20.1 Å². The molecule has 1 rings (SSSR count). The Hall–Kier alpha value is -1.91. The Morgan fingerprint density at radius 2 is 1.74 bits per heavy atom. The molecule has 0 saturated carbocycles. The number of methoxy groups -OCH3 is 2. The molecule has 1 aromatic carbocycles. The van der Waals surface area contributed by atoms with Crippen LogP contribution >= 0.6 is 0 Å². The largest absolute Gasteiger partial charge is 0.497 e. The van der Waals surface area contributed by atoms with E-state index in [4.69, 9.17) is 9.47 Å². The van der Waals surface area contributed by atoms with Crippen LogP contribution in [0, 0.1) is 0 Å². The van der Waals surface area contributed by atoms with Crippen molar-refractivity contribution in [2.75, 3.05) is 14.2 Å². The van der Waals surface area contributed by atoms with Crippen molar-refractivity contribution in [2.24, 2.45) is 0 Å². The zero-order valence-corrected chi connectivity index (χ0v) is 14.8. The summed E-state index contributed by atoms with van der Waals surface area (Å²) in [6.07, 6.45) is 5.89. The van der Waals surface area contributed by atoms with E-state index in [9.17, 15) is 4.79 Å². The van der Waals surface area contributed by atoms with Gasteiger partial charge in [-0.05, 0) is 31.0 Å². The first-order chi connectivity index (χ1) is 11.1. The molecular weight excluding hydrogens is 292 g/mol. The Labute approximate surface area is 139 Å². The van der Waals surface area contributed by atoms with E-state index in [-0.39, 0.29) is 12.1 Å². The van der Waals surface area contributed by atoms with E-state index >= 15 is 0 Å². The summed E-state index contributed by atoms with van der Waals surface area (Å²) in [5, 5.41) is 5.84. The zero-order chi connectivity index (χ0) is 17.1. The molecule has 0 spiro atoms. The molecule has 23 heavy (non-hydrogen) atoms. The van der Waals surface area contributed by atoms with E-state index in [1.165, 1.54) is 19.3 Å². The third kappa shape index (κ3) is 7.77. The standard InChI is InChI=1S/C18H30N2O3/c1-5-6-7-8-9-14(2)20-18(21)19-13-15-10-16(22-3)12-17(11-15)23-4/h10-12,14H,5-9,13H2,1-4H3,(H2,19,20,21). The van der Waals surface area contributed by atoms with Gasteiger partial charge in [-0.3, -0.25) is 0 Å². The minimum absolute atomic E-state index is 0.144. The van der Waals surface area contributed by atoms with Gasteiger partial charge in [-0.25, -0.2) is 4.79 Å². The summed E-state index contributed by atoms with van der Waals surface area (Å²) in [6.45, 7) is 4.67. The van der Waals surface area contributed by atoms with Crippen LogP contribution in [0.1, 0.15) is 51.5 Å². The van der Waals surface area contributed by atoms with Gasteiger partial charge >= 0.3 is 6.03 Å². The average molecular weight is 322 g/mol. The molecule has 0 aliphatic rings. The van der Waals surface area contributed by atoms with Gasteiger partial charge in [0.25, 0.3) is 0 Å². The summed E-state index contributed by atoms with van der Waals surface area (Å²) in [4.78, 5) is 11.9. The highest BCUT2D eigenvalue weighted by Crippen LogP contribution is 2.22. The molecule has 0 fully saturated rings. The Balaban J connectivity index is 2.38. The molecule has 1 aromatic rings. The van der Waals surface area contributed by atoms with Crippen molar-refractivity contribution < 1.29 is 14.3 Å². The van der Waals surface area contributed by atoms with E-state index in [0.717, 1.165) is 18.4 Å². The first kappa shape index (κ1) is 19.1. The predicted octanol–water partition coefficient (Wildman–Crippen LogP) is 3.86. The summed E-state index contributed by atoms with van der Waals surface area (Å²) in [6, 6.07) is 5.62. The van der Waals surface area contributed by atoms with E-state index in [0.29, 0.717) is 18.0 Å². The minimum Gasteiger partial charge on any atom is -0.497 e. The maximum atomic E-state index is 11.9. The second kappa shape index (κ2) is 10.8. The van der Waals surface area contributed by atoms with Crippen LogP contribution in [0.25, 0.3) is 0 Å². The molecule has 0 aliphatic heterocycles. The third-order valence-corrected chi connectivity index (χ3v) is 3.73. The Morgan fingerprint density at radius 3 is 2.30 bits per heavy atom. The van der Waals surface area contributed by atoms with E-state index in [2.05, 4.69) is 17.6 Å². The van der Waals surface area contributed by atoms with Gasteiger partial charge in [-0.1, -0.05) is 32.6 Å². The van der Waals surface area contributed by atoms with Crippen molar-refractivity contribution >= 4 is 6.03 Å². The minimum atomic E-state index is -0.144. The van der Waals surface area contributed by atoms with Gasteiger partial charge in [0, 0.05) is 18.7 Å². The van der Waals surface area contributed by atoms with Crippen LogP contribution in [0.4, 0.5) is 4.79 Å². The highest BCUT2D eigenvalue weighted by molar-refractivity contribution is 5.74. The number of ether oxygens (including phenoxy) is 2. The molecular formula is C18H30N2O3. The maximum Gasteiger partial charge on any atom is 0.315 e. The second-order valence-corrected chi connectivity index (χ2v) is 5.80. The number of hydrogen-bond donors (Lipinski definition) is 2. The number of carbonyl (C=O) groups is 1. The van der Waals surface area contributed by atoms with E-state index < -0.39 is 0 Å². The fourth-order valence-corrected chi connectivity index (χ4v) is 2.38. The van der Waals surface area contributed by atoms with E-state index in [1.807, 2.05) is 25.1 Å². The molecule has 0 bridgehead atoms. The summed E-state index contributed by atoms with van der Waals surface area (Å²) in [7, 11) is 3.22. The van der Waals surface area contributed by atoms with Crippen molar-refractivity contribution in [2.45, 2.75) is 58.5 Å². The Kier molecular flexibility index (Phi) is 8.95. The van der Waals surface area contributed by atoms with Gasteiger partial charge in [-0.15, -0.1) is 0 Å². The van der Waals surface area contributed by atoms with Crippen LogP contribution in [-0.2, 0) is 6.54 Å². The van der Waals surface area contributed by atoms with Gasteiger partial charge in [0.15, 0.2) is 0 Å². The molecule has 0 aromatic heterocycles. The number of nitrogens with one attached hydrogen (secondary N) is 2. The van der Waals surface area contributed by atoms with E-state index in [1.54, 1.807) is 14.2 Å². The molecule has 5 nitrogen and oxygen atoms in total. The van der Waals surface area contributed by atoms with Crippen LogP contribution in [0.2, 0.25) is 0 Å². The average Bonchev–Trinajstić information content (AvgIpc) is 2.56. The topological polar surface area (TPSA) is 59.6 Å². The quantitative estimate of drug-likeness (QED) is 0.643. The van der Waals surface area contributed by atoms with Crippen molar-refractivity contribution in [1.29, 1.82) is 0 Å². The van der Waals surface area contributed by atoms with Crippen LogP contribution in [0.3, 0.4) is 0 Å². The van der Waals surface area contributed by atoms with Gasteiger partial charge < -0.3 is 20.1 Å². The first-order valence-corrected chi connectivity index (χ1v) is 8.35. The van der Waals surface area contributed by atoms with Crippen molar-refractivity contribution in [1.82, 2.24) is 10.6 Å². The van der Waals surface area contributed by atoms with Gasteiger partial charge in [-0.2, -0.15) is 0 Å². The van der Waals surface area contributed by atoms with Crippen LogP contribution in [0.15, 0.2) is 18.2 Å². The first-order valence-electron chi connectivity index (χ1n) is 8.35. The van der Waals surface area contributed by atoms with Crippen molar-refractivity contribution in [3.05, 3.63) is 23.8 Å². The van der Waals surface area contributed by atoms with Crippen LogP contribution in [-0.4, -0.2) is 26.3 Å². The molecule has 1 atom stereocenters. The van der Waals surface area contributed by atoms with Crippen molar-refractivity contribution in [3.8, 4) is 11.5 Å². The normalized spacial score (nSPS) is 11.7. The molecule has 130 valence electrons. The number of benzene rings is 1. The summed E-state index contributed by atoms with van der Waals surface area (Å²) in [5.74, 6) is 1.43. The zero-order valence-electron chi connectivity index (χ0n) is 14.8. The molecule has 0 saturated heterocycles. The molecule has 1 unspecified atom stereocenters. The second-order valence-electron chi connectivity index (χ2n) is 5.80.